The van der Waals surface area contributed by atoms with Crippen LogP contribution in [0.2, 0.25) is 0 Å². The molecule has 2 aromatic heterocycles. The average Bonchev–Trinajstić information content (AvgIpc) is 3.43. The molecule has 0 fully saturated rings. The molecule has 2 aromatic carbocycles. The first-order valence-corrected chi connectivity index (χ1v) is 11.1. The summed E-state index contributed by atoms with van der Waals surface area (Å²) >= 11 is 0. The molecule has 6 nitrogen and oxygen atoms in total. The molecule has 0 bridgehead atoms. The summed E-state index contributed by atoms with van der Waals surface area (Å²) in [7, 11) is 1.62. The summed E-state index contributed by atoms with van der Waals surface area (Å²) in [5.74, 6) is 1.84. The Kier molecular flexibility index (Phi) is 5.63. The van der Waals surface area contributed by atoms with Crippen LogP contribution < -0.4 is 4.74 Å². The molecule has 1 aliphatic heterocycles. The molecule has 0 spiro atoms. The first-order valence-electron chi connectivity index (χ1n) is 11.1. The first-order chi connectivity index (χ1) is 16.3. The van der Waals surface area contributed by atoms with Crippen molar-refractivity contribution >= 4 is 0 Å². The molecule has 0 N–H and O–H groups in total. The number of imidazole rings is 1. The number of hydrogen-bond donors (Lipinski definition) is 0. The largest absolute Gasteiger partial charge is 0.495 e. The van der Waals surface area contributed by atoms with E-state index in [1.165, 1.54) is 6.07 Å². The van der Waals surface area contributed by atoms with E-state index >= 15 is 0 Å². The van der Waals surface area contributed by atoms with E-state index in [-0.39, 0.29) is 5.92 Å². The zero-order chi connectivity index (χ0) is 23.9. The highest BCUT2D eigenvalue weighted by Gasteiger charge is 2.36. The molecular weight excluding hydrogens is 443 g/mol. The first kappa shape index (κ1) is 22.2. The third-order valence-corrected chi connectivity index (χ3v) is 6.21. The number of alkyl halides is 3. The van der Waals surface area contributed by atoms with Crippen molar-refractivity contribution in [2.24, 2.45) is 0 Å². The van der Waals surface area contributed by atoms with Crippen molar-refractivity contribution in [3.05, 3.63) is 89.0 Å². The smallest absolute Gasteiger partial charge is 0.416 e. The number of methoxy groups -OCH3 is 1. The zero-order valence-corrected chi connectivity index (χ0v) is 18.9. The van der Waals surface area contributed by atoms with Crippen LogP contribution in [0.25, 0.3) is 5.69 Å². The Morgan fingerprint density at radius 2 is 1.97 bits per heavy atom. The average molecular weight is 467 g/mol. The highest BCUT2D eigenvalue weighted by molar-refractivity contribution is 5.49. The van der Waals surface area contributed by atoms with Gasteiger partial charge in [-0.25, -0.2) is 14.6 Å². The summed E-state index contributed by atoms with van der Waals surface area (Å²) < 4.78 is 49.8. The van der Waals surface area contributed by atoms with Crippen molar-refractivity contribution < 1.29 is 17.9 Å². The van der Waals surface area contributed by atoms with Gasteiger partial charge in [-0.1, -0.05) is 24.3 Å². The number of aromatic nitrogens is 5. The Bertz CT molecular complexity index is 1320. The molecule has 1 unspecified atom stereocenters. The van der Waals surface area contributed by atoms with Gasteiger partial charge in [-0.15, -0.1) is 0 Å². The summed E-state index contributed by atoms with van der Waals surface area (Å²) in [5.41, 5.74) is 2.55. The Morgan fingerprint density at radius 1 is 1.15 bits per heavy atom. The minimum atomic E-state index is -4.37. The maximum Gasteiger partial charge on any atom is 0.416 e. The lowest BCUT2D eigenvalue weighted by atomic mass is 9.87. The van der Waals surface area contributed by atoms with Gasteiger partial charge in [0.15, 0.2) is 5.82 Å². The van der Waals surface area contributed by atoms with Crippen LogP contribution in [0.5, 0.6) is 5.75 Å². The number of hydrogen-bond acceptors (Lipinski definition) is 4. The fourth-order valence-electron chi connectivity index (χ4n) is 4.59. The molecule has 0 amide bonds. The topological polar surface area (TPSA) is 57.8 Å². The van der Waals surface area contributed by atoms with Crippen LogP contribution in [0.15, 0.2) is 55.0 Å². The maximum atomic E-state index is 13.5. The van der Waals surface area contributed by atoms with E-state index in [2.05, 4.69) is 15.1 Å². The van der Waals surface area contributed by atoms with E-state index in [1.807, 2.05) is 40.6 Å². The van der Waals surface area contributed by atoms with E-state index in [4.69, 9.17) is 4.74 Å². The standard InChI is InChI=1S/C25H24F3N5O/c1-16-14-32(15-29-16)21-8-7-17(11-22(21)34-2)12-23-30-24-13-18(9-10-33(24)31-23)19-5-3-4-6-20(19)25(26,27)28/h3-8,11,14-15,18H,9-10,12-13H2,1-2H3. The van der Waals surface area contributed by atoms with Crippen molar-refractivity contribution in [2.45, 2.75) is 44.8 Å². The molecule has 0 saturated carbocycles. The second-order valence-corrected chi connectivity index (χ2v) is 8.55. The van der Waals surface area contributed by atoms with Crippen LogP contribution in [0.4, 0.5) is 13.2 Å². The number of ether oxygens (including phenoxy) is 1. The number of benzene rings is 2. The van der Waals surface area contributed by atoms with Crippen LogP contribution in [-0.4, -0.2) is 31.4 Å². The van der Waals surface area contributed by atoms with Crippen molar-refractivity contribution in [3.63, 3.8) is 0 Å². The SMILES string of the molecule is COc1cc(Cc2nc3n(n2)CCC(c2ccccc2C(F)(F)F)C3)ccc1-n1cnc(C)c1. The summed E-state index contributed by atoms with van der Waals surface area (Å²) in [6.45, 7) is 2.47. The number of fused-ring (bicyclic) bond motifs is 1. The third kappa shape index (κ3) is 4.30. The lowest BCUT2D eigenvalue weighted by Gasteiger charge is -2.25. The molecule has 176 valence electrons. The molecule has 4 aromatic rings. The van der Waals surface area contributed by atoms with E-state index in [0.29, 0.717) is 42.9 Å². The molecule has 1 aliphatic rings. The van der Waals surface area contributed by atoms with Crippen molar-refractivity contribution in [3.8, 4) is 11.4 Å². The summed E-state index contributed by atoms with van der Waals surface area (Å²) in [6.07, 6.45) is 0.829. The van der Waals surface area contributed by atoms with E-state index in [1.54, 1.807) is 25.6 Å². The number of nitrogens with zero attached hydrogens (tertiary/aromatic N) is 5. The minimum Gasteiger partial charge on any atom is -0.495 e. The Labute approximate surface area is 195 Å². The Hall–Kier alpha value is -3.62. The van der Waals surface area contributed by atoms with E-state index in [9.17, 15) is 13.2 Å². The second-order valence-electron chi connectivity index (χ2n) is 8.55. The molecule has 0 aliphatic carbocycles. The van der Waals surface area contributed by atoms with Crippen LogP contribution in [0, 0.1) is 6.92 Å². The van der Waals surface area contributed by atoms with Crippen molar-refractivity contribution in [1.29, 1.82) is 0 Å². The zero-order valence-electron chi connectivity index (χ0n) is 18.9. The summed E-state index contributed by atoms with van der Waals surface area (Å²) in [4.78, 5) is 8.93. The molecular formula is C25H24F3N5O. The van der Waals surface area contributed by atoms with Crippen LogP contribution in [-0.2, 0) is 25.6 Å². The monoisotopic (exact) mass is 467 g/mol. The quantitative estimate of drug-likeness (QED) is 0.409. The van der Waals surface area contributed by atoms with Gasteiger partial charge in [0.05, 0.1) is 30.4 Å². The fourth-order valence-corrected chi connectivity index (χ4v) is 4.59. The predicted octanol–water partition coefficient (Wildman–Crippen LogP) is 5.12. The summed E-state index contributed by atoms with van der Waals surface area (Å²) in [6, 6.07) is 11.7. The van der Waals surface area contributed by atoms with E-state index in [0.717, 1.165) is 28.8 Å². The van der Waals surface area contributed by atoms with Gasteiger partial charge in [0.2, 0.25) is 0 Å². The minimum absolute atomic E-state index is 0.236. The van der Waals surface area contributed by atoms with Gasteiger partial charge < -0.3 is 9.30 Å². The fraction of sp³-hybridized carbons (Fsp3) is 0.320. The normalized spacial score (nSPS) is 15.9. The number of halogens is 3. The van der Waals surface area contributed by atoms with Gasteiger partial charge in [0.25, 0.3) is 0 Å². The van der Waals surface area contributed by atoms with Crippen molar-refractivity contribution in [2.75, 3.05) is 7.11 Å². The maximum absolute atomic E-state index is 13.5. The molecule has 34 heavy (non-hydrogen) atoms. The van der Waals surface area contributed by atoms with Gasteiger partial charge in [-0.2, -0.15) is 18.3 Å². The van der Waals surface area contributed by atoms with Crippen LogP contribution in [0.3, 0.4) is 0 Å². The second kappa shape index (κ2) is 8.62. The predicted molar refractivity (Wildman–Crippen MR) is 120 cm³/mol. The molecule has 0 saturated heterocycles. The molecule has 5 rings (SSSR count). The molecule has 9 heteroatoms. The highest BCUT2D eigenvalue weighted by Crippen LogP contribution is 2.38. The van der Waals surface area contributed by atoms with Crippen molar-refractivity contribution in [1.82, 2.24) is 24.3 Å². The summed E-state index contributed by atoms with van der Waals surface area (Å²) in [5, 5.41) is 4.61. The van der Waals surface area contributed by atoms with Gasteiger partial charge in [-0.05, 0) is 48.6 Å². The van der Waals surface area contributed by atoms with Gasteiger partial charge in [-0.3, -0.25) is 0 Å². The third-order valence-electron chi connectivity index (χ3n) is 6.21. The molecule has 1 atom stereocenters. The van der Waals surface area contributed by atoms with Gasteiger partial charge in [0, 0.05) is 25.6 Å². The van der Waals surface area contributed by atoms with Crippen LogP contribution in [0.1, 0.15) is 46.4 Å². The number of aryl methyl sites for hydroxylation is 2. The van der Waals surface area contributed by atoms with E-state index < -0.39 is 11.7 Å². The Morgan fingerprint density at radius 3 is 2.71 bits per heavy atom. The van der Waals surface area contributed by atoms with Crippen LogP contribution >= 0.6 is 0 Å². The lowest BCUT2D eigenvalue weighted by Crippen LogP contribution is -2.21. The van der Waals surface area contributed by atoms with Gasteiger partial charge >= 0.3 is 6.18 Å². The molecule has 0 radical (unpaired) electrons. The number of rotatable bonds is 5. The lowest BCUT2D eigenvalue weighted by molar-refractivity contribution is -0.138. The highest BCUT2D eigenvalue weighted by atomic mass is 19.4. The Balaban J connectivity index is 1.36. The van der Waals surface area contributed by atoms with Gasteiger partial charge in [0.1, 0.15) is 11.6 Å². The molecule has 3 heterocycles.